The molecule has 42 heavy (non-hydrogen) atoms. The third-order valence-corrected chi connectivity index (χ3v) is 8.97. The maximum Gasteiger partial charge on any atom is 0.163 e. The first kappa shape index (κ1) is 35.6. The van der Waals surface area contributed by atoms with Crippen LogP contribution in [0.4, 0.5) is 11.4 Å². The number of hydrogen-bond acceptors (Lipinski definition) is 10. The molecule has 0 saturated carbocycles. The quantitative estimate of drug-likeness (QED) is 0.126. The Labute approximate surface area is 262 Å². The number of nitrogen functional groups attached to an aromatic ring is 1. The van der Waals surface area contributed by atoms with Crippen LogP contribution in [0.5, 0.6) is 5.75 Å². The standard InChI is InChI=1S/C25H26ClN3O3S2.C5H12O.CH4O/c26-23-24(32-12-11-30)22(15-31)34-25(23)18-4-2-6-21(14-18)28-20-7-9-29(10-8-20)33-16-17-3-1-5-19(27)13-17;1-5(2,3)6-4;1-2/h1-6,11,13-15,20,28H,7-10,12,16,27H2;1-4H3;2H,1H3. The van der Waals surface area contributed by atoms with Gasteiger partial charge < -0.3 is 25.6 Å². The van der Waals surface area contributed by atoms with Crippen molar-refractivity contribution in [1.82, 2.24) is 4.31 Å². The number of halogens is 1. The number of anilines is 2. The van der Waals surface area contributed by atoms with Crippen LogP contribution in [-0.2, 0) is 15.3 Å². The van der Waals surface area contributed by atoms with Gasteiger partial charge in [0.25, 0.3) is 0 Å². The predicted molar refractivity (Wildman–Crippen MR) is 177 cm³/mol. The van der Waals surface area contributed by atoms with Crippen LogP contribution in [0.3, 0.4) is 0 Å². The van der Waals surface area contributed by atoms with Crippen LogP contribution in [0.1, 0.15) is 48.8 Å². The molecule has 0 aliphatic carbocycles. The Morgan fingerprint density at radius 1 is 1.14 bits per heavy atom. The van der Waals surface area contributed by atoms with E-state index in [0.717, 1.165) is 60.6 Å². The molecule has 0 spiro atoms. The number of carbonyl (C=O) groups excluding carboxylic acids is 2. The highest BCUT2D eigenvalue weighted by Crippen LogP contribution is 2.45. The average Bonchev–Trinajstić information content (AvgIpc) is 3.31. The highest BCUT2D eigenvalue weighted by atomic mass is 35.5. The number of nitrogens with two attached hydrogens (primary N) is 1. The number of benzene rings is 2. The monoisotopic (exact) mass is 635 g/mol. The molecule has 11 heteroatoms. The van der Waals surface area contributed by atoms with Crippen molar-refractivity contribution < 1.29 is 24.2 Å². The van der Waals surface area contributed by atoms with Crippen molar-refractivity contribution in [2.75, 3.05) is 45.0 Å². The number of ether oxygens (including phenoxy) is 2. The molecule has 0 unspecified atom stereocenters. The summed E-state index contributed by atoms with van der Waals surface area (Å²) in [6.45, 7) is 7.95. The van der Waals surface area contributed by atoms with Crippen molar-refractivity contribution in [3.8, 4) is 16.2 Å². The molecule has 0 atom stereocenters. The summed E-state index contributed by atoms with van der Waals surface area (Å²) in [5.74, 6) is 1.19. The number of aliphatic hydroxyl groups excluding tert-OH is 1. The normalized spacial score (nSPS) is 13.7. The molecule has 0 amide bonds. The Morgan fingerprint density at radius 3 is 2.40 bits per heavy atom. The Balaban J connectivity index is 0.000000686. The molecule has 1 saturated heterocycles. The van der Waals surface area contributed by atoms with Gasteiger partial charge in [-0.25, -0.2) is 0 Å². The molecule has 2 heterocycles. The molecule has 1 aliphatic heterocycles. The third-order valence-electron chi connectivity index (χ3n) is 6.16. The molecule has 1 aromatic heterocycles. The lowest BCUT2D eigenvalue weighted by atomic mass is 10.1. The lowest BCUT2D eigenvalue weighted by molar-refractivity contribution is -0.109. The van der Waals surface area contributed by atoms with Crippen LogP contribution in [0, 0.1) is 0 Å². The van der Waals surface area contributed by atoms with Gasteiger partial charge in [0.05, 0.1) is 10.5 Å². The van der Waals surface area contributed by atoms with Crippen molar-refractivity contribution >= 4 is 58.8 Å². The smallest absolute Gasteiger partial charge is 0.163 e. The summed E-state index contributed by atoms with van der Waals surface area (Å²) in [5, 5.41) is 11.0. The van der Waals surface area contributed by atoms with Gasteiger partial charge in [-0.05, 0) is 69.0 Å². The van der Waals surface area contributed by atoms with Gasteiger partial charge in [0.2, 0.25) is 0 Å². The van der Waals surface area contributed by atoms with Crippen LogP contribution in [0.2, 0.25) is 5.02 Å². The molecule has 8 nitrogen and oxygen atoms in total. The summed E-state index contributed by atoms with van der Waals surface area (Å²) in [6.07, 6.45) is 3.44. The van der Waals surface area contributed by atoms with Crippen molar-refractivity contribution in [1.29, 1.82) is 0 Å². The fourth-order valence-corrected chi connectivity index (χ4v) is 6.26. The van der Waals surface area contributed by atoms with Gasteiger partial charge >= 0.3 is 0 Å². The van der Waals surface area contributed by atoms with Crippen LogP contribution in [0.25, 0.3) is 10.4 Å². The maximum absolute atomic E-state index is 11.4. The third kappa shape index (κ3) is 11.6. The summed E-state index contributed by atoms with van der Waals surface area (Å²) in [5.41, 5.74) is 9.88. The number of methoxy groups -OCH3 is 1. The Bertz CT molecular complexity index is 1260. The molecule has 0 bridgehead atoms. The summed E-state index contributed by atoms with van der Waals surface area (Å²) in [4.78, 5) is 23.2. The minimum atomic E-state index is -0.144. The van der Waals surface area contributed by atoms with Gasteiger partial charge in [0, 0.05) is 50.5 Å². The van der Waals surface area contributed by atoms with E-state index in [1.807, 2.05) is 75.2 Å². The number of carbonyl (C=O) groups is 2. The summed E-state index contributed by atoms with van der Waals surface area (Å²) >= 11 is 9.61. The molecule has 230 valence electrons. The van der Waals surface area contributed by atoms with Crippen molar-refractivity contribution in [3.05, 3.63) is 64.0 Å². The minimum absolute atomic E-state index is 0.0417. The van der Waals surface area contributed by atoms with E-state index in [4.69, 9.17) is 31.9 Å². The van der Waals surface area contributed by atoms with Gasteiger partial charge in [-0.15, -0.1) is 11.3 Å². The highest BCUT2D eigenvalue weighted by molar-refractivity contribution is 7.96. The fraction of sp³-hybridized carbons (Fsp3) is 0.419. The fourth-order valence-electron chi connectivity index (χ4n) is 3.89. The van der Waals surface area contributed by atoms with Crippen molar-refractivity contribution in [3.63, 3.8) is 0 Å². The molecular formula is C31H42ClN3O5S2. The molecule has 3 aromatic rings. The van der Waals surface area contributed by atoms with Gasteiger partial charge in [0.1, 0.15) is 16.5 Å². The minimum Gasteiger partial charge on any atom is -0.483 e. The van der Waals surface area contributed by atoms with E-state index in [0.29, 0.717) is 28.5 Å². The highest BCUT2D eigenvalue weighted by Gasteiger charge is 2.21. The second kappa shape index (κ2) is 18.1. The van der Waals surface area contributed by atoms with Crippen LogP contribution in [-0.4, -0.2) is 67.5 Å². The second-order valence-corrected chi connectivity index (χ2v) is 12.8. The number of piperidine rings is 1. The van der Waals surface area contributed by atoms with Gasteiger partial charge in [0.15, 0.2) is 18.3 Å². The van der Waals surface area contributed by atoms with Crippen molar-refractivity contribution in [2.45, 2.75) is 51.0 Å². The largest absolute Gasteiger partial charge is 0.483 e. The second-order valence-electron chi connectivity index (χ2n) is 10.3. The zero-order valence-electron chi connectivity index (χ0n) is 24.9. The number of hydrogen-bond donors (Lipinski definition) is 3. The lowest BCUT2D eigenvalue weighted by Crippen LogP contribution is -2.35. The maximum atomic E-state index is 11.4. The van der Waals surface area contributed by atoms with Gasteiger partial charge in [-0.2, -0.15) is 0 Å². The van der Waals surface area contributed by atoms with E-state index < -0.39 is 0 Å². The van der Waals surface area contributed by atoms with E-state index in [2.05, 4.69) is 15.7 Å². The van der Waals surface area contributed by atoms with Crippen LogP contribution < -0.4 is 15.8 Å². The molecule has 2 aromatic carbocycles. The Morgan fingerprint density at radius 2 is 1.81 bits per heavy atom. The number of rotatable bonds is 10. The van der Waals surface area contributed by atoms with E-state index in [9.17, 15) is 9.59 Å². The molecule has 1 fully saturated rings. The van der Waals surface area contributed by atoms with E-state index in [-0.39, 0.29) is 18.0 Å². The Hall–Kier alpha value is -2.60. The van der Waals surface area contributed by atoms with E-state index >= 15 is 0 Å². The number of thiophene rings is 1. The molecule has 4 rings (SSSR count). The number of aliphatic hydroxyl groups is 1. The lowest BCUT2D eigenvalue weighted by Gasteiger charge is -2.32. The summed E-state index contributed by atoms with van der Waals surface area (Å²) in [7, 11) is 2.71. The first-order valence-corrected chi connectivity index (χ1v) is 15.7. The SMILES string of the molecule is CO.COC(C)(C)C.Nc1cccc(CSN2CCC(Nc3cccc(-c4sc(C=O)c(OCC=O)c4Cl)c3)CC2)c1. The number of nitrogens with one attached hydrogen (secondary N) is 1. The zero-order chi connectivity index (χ0) is 31.1. The average molecular weight is 636 g/mol. The molecule has 4 N–H and O–H groups in total. The first-order chi connectivity index (χ1) is 20.1. The molecular weight excluding hydrogens is 594 g/mol. The summed E-state index contributed by atoms with van der Waals surface area (Å²) < 4.78 is 12.7. The van der Waals surface area contributed by atoms with Gasteiger partial charge in [-0.1, -0.05) is 47.8 Å². The number of aldehydes is 2. The van der Waals surface area contributed by atoms with Crippen LogP contribution in [0.15, 0.2) is 48.5 Å². The van der Waals surface area contributed by atoms with Crippen molar-refractivity contribution in [2.24, 2.45) is 0 Å². The molecule has 1 aliphatic rings. The molecule has 0 radical (unpaired) electrons. The zero-order valence-corrected chi connectivity index (χ0v) is 27.3. The Kier molecular flexibility index (Phi) is 15.4. The first-order valence-electron chi connectivity index (χ1n) is 13.6. The van der Waals surface area contributed by atoms with Crippen LogP contribution >= 0.6 is 34.9 Å². The number of nitrogens with zero attached hydrogens (tertiary/aromatic N) is 1. The van der Waals surface area contributed by atoms with E-state index in [1.165, 1.54) is 16.9 Å². The van der Waals surface area contributed by atoms with Gasteiger partial charge in [-0.3, -0.25) is 13.9 Å². The van der Waals surface area contributed by atoms with E-state index in [1.54, 1.807) is 7.11 Å². The topological polar surface area (TPSA) is 114 Å². The summed E-state index contributed by atoms with van der Waals surface area (Å²) in [6, 6.07) is 16.4. The predicted octanol–water partition coefficient (Wildman–Crippen LogP) is 6.81.